The van der Waals surface area contributed by atoms with E-state index in [1.54, 1.807) is 62.6 Å². The van der Waals surface area contributed by atoms with Gasteiger partial charge in [0, 0.05) is 62.3 Å². The number of benzene rings is 4. The van der Waals surface area contributed by atoms with Gasteiger partial charge >= 0.3 is 0 Å². The molecule has 9 rings (SSSR count). The monoisotopic (exact) mass is 1050 g/mol. The van der Waals surface area contributed by atoms with Gasteiger partial charge in [-0.1, -0.05) is 105 Å². The summed E-state index contributed by atoms with van der Waals surface area (Å²) in [7, 11) is -7.31. The lowest BCUT2D eigenvalue weighted by atomic mass is 9.91. The maximum Gasteiger partial charge on any atom is 0.260 e. The molecule has 65 heavy (non-hydrogen) atoms. The fourth-order valence-electron chi connectivity index (χ4n) is 8.13. The van der Waals surface area contributed by atoms with Crippen molar-refractivity contribution in [2.45, 2.75) is 47.8 Å². The molecule has 0 N–H and O–H groups in total. The first-order chi connectivity index (χ1) is 30.6. The van der Waals surface area contributed by atoms with E-state index >= 15 is 0 Å². The van der Waals surface area contributed by atoms with Crippen LogP contribution in [-0.2, 0) is 53.2 Å². The molecule has 0 saturated heterocycles. The number of sulfone groups is 2. The Kier molecular flexibility index (Phi) is 12.4. The van der Waals surface area contributed by atoms with Crippen molar-refractivity contribution in [2.75, 3.05) is 22.3 Å². The summed E-state index contributed by atoms with van der Waals surface area (Å²) >= 11 is 28.1. The Morgan fingerprint density at radius 1 is 0.569 bits per heavy atom. The zero-order chi connectivity index (χ0) is 46.8. The maximum atomic E-state index is 13.9. The molecule has 0 radical (unpaired) electrons. The number of imidazole rings is 2. The molecule has 7 aromatic rings. The quantitative estimate of drug-likeness (QED) is 0.137. The molecule has 2 aliphatic heterocycles. The van der Waals surface area contributed by atoms with E-state index in [0.29, 0.717) is 31.5 Å². The van der Waals surface area contributed by atoms with Gasteiger partial charge in [-0.05, 0) is 90.7 Å². The molecule has 0 spiro atoms. The molecule has 0 saturated carbocycles. The molecule has 0 bridgehead atoms. The highest BCUT2D eigenvalue weighted by Crippen LogP contribution is 2.46. The van der Waals surface area contributed by atoms with Gasteiger partial charge in [-0.15, -0.1) is 0 Å². The molecule has 4 aromatic carbocycles. The van der Waals surface area contributed by atoms with E-state index in [0.717, 1.165) is 39.2 Å². The number of hydrogen-bond donors (Lipinski definition) is 0. The lowest BCUT2D eigenvalue weighted by Gasteiger charge is -2.26. The number of carbonyl (C=O) groups is 2. The van der Waals surface area contributed by atoms with E-state index in [1.807, 2.05) is 60.7 Å². The summed E-state index contributed by atoms with van der Waals surface area (Å²) in [6.07, 6.45) is 8.76. The standard InChI is InChI=1S/C25H20Cl2N4O3S.C20H16BrCl2N3O3S/c1-25(13-16-5-7-17(8-6-16)18-4-3-9-28-14-18)23(32)30(21-11-19(26)10-20(27)12-21)24-29-15-22(31(24)25)35(2,33)34;1-20(10-12-3-5-13(21)6-4-12)18(27)25(16-8-14(22)7-15(23)9-16)19-24-11-17(26(19)20)30(2,28)29/h3-12,14-15H,13H2,1-2H3;3-9,11H,10H2,1-2H3/t25-;20-/m11/s1. The maximum absolute atomic E-state index is 13.9. The summed E-state index contributed by atoms with van der Waals surface area (Å²) in [6.45, 7) is 3.43. The zero-order valence-corrected chi connectivity index (χ0v) is 41.0. The van der Waals surface area contributed by atoms with Crippen LogP contribution in [0.1, 0.15) is 25.0 Å². The van der Waals surface area contributed by atoms with Crippen molar-refractivity contribution in [1.82, 2.24) is 24.1 Å². The van der Waals surface area contributed by atoms with Gasteiger partial charge in [0.1, 0.15) is 11.1 Å². The van der Waals surface area contributed by atoms with Crippen LogP contribution in [-0.4, -0.2) is 65.2 Å². The second-order valence-electron chi connectivity index (χ2n) is 16.0. The van der Waals surface area contributed by atoms with Gasteiger partial charge in [-0.2, -0.15) is 0 Å². The summed E-state index contributed by atoms with van der Waals surface area (Å²) in [5, 5.41) is 1.34. The van der Waals surface area contributed by atoms with E-state index < -0.39 is 30.8 Å². The minimum absolute atomic E-state index is 0.0268. The molecule has 334 valence electrons. The average Bonchev–Trinajstić information content (AvgIpc) is 3.97. The van der Waals surface area contributed by atoms with Crippen LogP contribution in [0.3, 0.4) is 0 Å². The summed E-state index contributed by atoms with van der Waals surface area (Å²) in [5.41, 5.74) is 2.06. The van der Waals surface area contributed by atoms with Gasteiger partial charge in [0.2, 0.25) is 11.9 Å². The summed E-state index contributed by atoms with van der Waals surface area (Å²) in [6, 6.07) is 28.6. The van der Waals surface area contributed by atoms with Crippen molar-refractivity contribution >= 4 is 117 Å². The number of anilines is 4. The van der Waals surface area contributed by atoms with E-state index in [2.05, 4.69) is 30.9 Å². The third-order valence-corrected chi connectivity index (χ3v) is 14.6. The Morgan fingerprint density at radius 3 is 1.34 bits per heavy atom. The molecule has 0 fully saturated rings. The van der Waals surface area contributed by atoms with Crippen LogP contribution in [0, 0.1) is 0 Å². The molecule has 0 unspecified atom stereocenters. The number of nitrogens with zero attached hydrogens (tertiary/aromatic N) is 7. The molecule has 2 aliphatic rings. The third-order valence-electron chi connectivity index (χ3n) is 11.1. The van der Waals surface area contributed by atoms with Crippen molar-refractivity contribution in [2.24, 2.45) is 0 Å². The number of pyridine rings is 1. The number of carbonyl (C=O) groups excluding carboxylic acids is 2. The highest BCUT2D eigenvalue weighted by atomic mass is 79.9. The van der Waals surface area contributed by atoms with Crippen molar-refractivity contribution in [3.8, 4) is 11.1 Å². The first kappa shape index (κ1) is 46.5. The van der Waals surface area contributed by atoms with Gasteiger partial charge < -0.3 is 0 Å². The third kappa shape index (κ3) is 8.85. The van der Waals surface area contributed by atoms with Gasteiger partial charge in [0.15, 0.2) is 29.7 Å². The predicted octanol–water partition coefficient (Wildman–Crippen LogP) is 10.3. The average molecular weight is 1060 g/mol. The summed E-state index contributed by atoms with van der Waals surface area (Å²) in [4.78, 5) is 43.1. The fourth-order valence-corrected chi connectivity index (χ4v) is 11.1. The minimum atomic E-state index is -3.67. The van der Waals surface area contributed by atoms with Crippen molar-refractivity contribution in [3.05, 3.63) is 158 Å². The van der Waals surface area contributed by atoms with E-state index in [1.165, 1.54) is 31.3 Å². The summed E-state index contributed by atoms with van der Waals surface area (Å²) in [5.74, 6) is -0.251. The number of amides is 2. The second kappa shape index (κ2) is 17.3. The van der Waals surface area contributed by atoms with Gasteiger partial charge in [-0.25, -0.2) is 36.6 Å². The Morgan fingerprint density at radius 2 is 0.969 bits per heavy atom. The molecule has 20 heteroatoms. The van der Waals surface area contributed by atoms with E-state index in [-0.39, 0.29) is 46.6 Å². The number of aromatic nitrogens is 5. The number of halogens is 5. The Hall–Kier alpha value is -5.07. The minimum Gasteiger partial charge on any atom is -0.285 e. The smallest absolute Gasteiger partial charge is 0.260 e. The van der Waals surface area contributed by atoms with Crippen LogP contribution < -0.4 is 9.80 Å². The number of fused-ring (bicyclic) bond motifs is 2. The molecular weight excluding hydrogens is 1020 g/mol. The van der Waals surface area contributed by atoms with Crippen molar-refractivity contribution in [3.63, 3.8) is 0 Å². The van der Waals surface area contributed by atoms with E-state index in [4.69, 9.17) is 46.4 Å². The largest absolute Gasteiger partial charge is 0.285 e. The number of hydrogen-bond acceptors (Lipinski definition) is 9. The van der Waals surface area contributed by atoms with Crippen LogP contribution >= 0.6 is 62.3 Å². The fraction of sp³-hybridized carbons (Fsp3) is 0.178. The van der Waals surface area contributed by atoms with E-state index in [9.17, 15) is 26.4 Å². The van der Waals surface area contributed by atoms with Crippen molar-refractivity contribution in [1.29, 1.82) is 0 Å². The number of rotatable bonds is 9. The Labute approximate surface area is 403 Å². The molecule has 3 aromatic heterocycles. The van der Waals surface area contributed by atoms with Crippen molar-refractivity contribution < 1.29 is 26.4 Å². The molecular formula is C45H36BrCl4N7O6S2. The Bertz CT molecular complexity index is 3220. The topological polar surface area (TPSA) is 157 Å². The second-order valence-corrected chi connectivity index (χ2v) is 22.6. The van der Waals surface area contributed by atoms with Gasteiger partial charge in [-0.3, -0.25) is 23.7 Å². The van der Waals surface area contributed by atoms with Gasteiger partial charge in [0.25, 0.3) is 11.8 Å². The van der Waals surface area contributed by atoms with Crippen LogP contribution in [0.4, 0.5) is 23.3 Å². The summed E-state index contributed by atoms with van der Waals surface area (Å²) < 4.78 is 54.0. The van der Waals surface area contributed by atoms with Crippen LogP contribution in [0.2, 0.25) is 20.1 Å². The highest BCUT2D eigenvalue weighted by Gasteiger charge is 2.53. The SMILES string of the molecule is C[C@@]1(Cc2ccc(-c3cccnc3)cc2)C(=O)N(c2cc(Cl)cc(Cl)c2)c2ncc(S(C)(=O)=O)n21.C[C@@]1(Cc2ccc(Br)cc2)C(=O)N(c2cc(Cl)cc(Cl)c2)c2ncc(S(C)(=O)=O)n21. The van der Waals surface area contributed by atoms with Crippen LogP contribution in [0.5, 0.6) is 0 Å². The molecule has 13 nitrogen and oxygen atoms in total. The molecule has 5 heterocycles. The Balaban J connectivity index is 0.000000179. The first-order valence-corrected chi connectivity index (χ1v) is 25.6. The van der Waals surface area contributed by atoms with Crippen LogP contribution in [0.25, 0.3) is 11.1 Å². The normalized spacial score (nSPS) is 18.1. The lowest BCUT2D eigenvalue weighted by Crippen LogP contribution is -2.41. The van der Waals surface area contributed by atoms with Crippen LogP contribution in [0.15, 0.2) is 136 Å². The first-order valence-electron chi connectivity index (χ1n) is 19.5. The van der Waals surface area contributed by atoms with Gasteiger partial charge in [0.05, 0.1) is 23.8 Å². The molecule has 0 aliphatic carbocycles. The molecule has 2 atom stereocenters. The predicted molar refractivity (Wildman–Crippen MR) is 256 cm³/mol. The zero-order valence-electron chi connectivity index (χ0n) is 34.7. The highest BCUT2D eigenvalue weighted by molar-refractivity contribution is 9.10. The molecule has 2 amide bonds. The lowest BCUT2D eigenvalue weighted by molar-refractivity contribution is -0.124.